The molecule has 0 amide bonds. The monoisotopic (exact) mass is 176 g/mol. The van der Waals surface area contributed by atoms with Gasteiger partial charge in [0.25, 0.3) is 0 Å². The maximum absolute atomic E-state index is 10.3. The smallest absolute Gasteiger partial charge is 0.325 e. The van der Waals surface area contributed by atoms with Crippen LogP contribution in [-0.2, 0) is 4.57 Å². The molecule has 0 N–H and O–H groups in total. The van der Waals surface area contributed by atoms with E-state index in [1.54, 1.807) is 24.3 Å². The lowest BCUT2D eigenvalue weighted by atomic mass is 10.3. The molecule has 0 spiro atoms. The van der Waals surface area contributed by atoms with Crippen LogP contribution in [0.4, 0.5) is 0 Å². The van der Waals surface area contributed by atoms with E-state index >= 15 is 0 Å². The molecule has 0 radical (unpaired) electrons. The van der Waals surface area contributed by atoms with Gasteiger partial charge in [0, 0.05) is 0 Å². The molecule has 1 unspecified atom stereocenters. The van der Waals surface area contributed by atoms with Crippen LogP contribution in [0.25, 0.3) is 0 Å². The molecule has 0 heterocycles. The first-order valence-electron chi connectivity index (χ1n) is 2.71. The van der Waals surface area contributed by atoms with E-state index in [0.29, 0.717) is 5.75 Å². The van der Waals surface area contributed by atoms with Crippen molar-refractivity contribution in [2.24, 2.45) is 0 Å². The van der Waals surface area contributed by atoms with E-state index in [0.717, 1.165) is 0 Å². The van der Waals surface area contributed by atoms with Crippen LogP contribution in [0.3, 0.4) is 0 Å². The quantitative estimate of drug-likeness (QED) is 0.648. The lowest BCUT2D eigenvalue weighted by Crippen LogP contribution is -1.73. The molecule has 0 saturated carbocycles. The maximum Gasteiger partial charge on any atom is 0.325 e. The van der Waals surface area contributed by atoms with Gasteiger partial charge in [-0.15, -0.1) is 0 Å². The van der Waals surface area contributed by atoms with E-state index in [9.17, 15) is 4.57 Å². The van der Waals surface area contributed by atoms with E-state index in [2.05, 4.69) is 0 Å². The van der Waals surface area contributed by atoms with Gasteiger partial charge >= 0.3 is 7.38 Å². The minimum Gasteiger partial charge on any atom is -0.435 e. The van der Waals surface area contributed by atoms with Crippen molar-refractivity contribution in [1.82, 2.24) is 0 Å². The summed E-state index contributed by atoms with van der Waals surface area (Å²) in [4.78, 5) is 0. The van der Waals surface area contributed by atoms with Crippen molar-refractivity contribution in [2.45, 2.75) is 0 Å². The second kappa shape index (κ2) is 3.65. The van der Waals surface area contributed by atoms with Crippen LogP contribution in [0.1, 0.15) is 0 Å². The fraction of sp³-hybridized carbons (Fsp3) is 0. The Labute approximate surface area is 64.4 Å². The van der Waals surface area contributed by atoms with E-state index in [1.165, 1.54) is 0 Å². The Morgan fingerprint density at radius 3 is 2.40 bits per heavy atom. The number of para-hydroxylation sites is 1. The summed E-state index contributed by atoms with van der Waals surface area (Å²) < 4.78 is 15.1. The fourth-order valence-corrected chi connectivity index (χ4v) is 1.17. The van der Waals surface area contributed by atoms with Crippen LogP contribution in [0, 0.1) is 0 Å². The van der Waals surface area contributed by atoms with Crippen LogP contribution in [0.5, 0.6) is 5.75 Å². The molecule has 2 nitrogen and oxygen atoms in total. The summed E-state index contributed by atoms with van der Waals surface area (Å²) in [5.74, 6) is 0.543. The molecule has 1 atom stereocenters. The number of benzene rings is 1. The average molecular weight is 177 g/mol. The molecule has 0 aromatic heterocycles. The molecular weight excluding hydrogens is 170 g/mol. The van der Waals surface area contributed by atoms with E-state index < -0.39 is 7.38 Å². The van der Waals surface area contributed by atoms with Gasteiger partial charge in [-0.1, -0.05) is 18.2 Å². The molecule has 1 rings (SSSR count). The van der Waals surface area contributed by atoms with Crippen LogP contribution in [0.2, 0.25) is 0 Å². The highest BCUT2D eigenvalue weighted by Gasteiger charge is 1.92. The second-order valence-corrected chi connectivity index (χ2v) is 3.26. The summed E-state index contributed by atoms with van der Waals surface area (Å²) in [6.45, 7) is 0. The van der Waals surface area contributed by atoms with Crippen LogP contribution in [-0.4, -0.2) is 0 Å². The number of hydrogen-bond donors (Lipinski definition) is 0. The van der Waals surface area contributed by atoms with Crippen molar-refractivity contribution >= 4 is 18.6 Å². The lowest BCUT2D eigenvalue weighted by Gasteiger charge is -1.97. The van der Waals surface area contributed by atoms with Gasteiger partial charge in [0.15, 0.2) is 0 Å². The fourth-order valence-electron chi connectivity index (χ4n) is 0.581. The molecule has 54 valence electrons. The molecule has 0 bridgehead atoms. The Balaban J connectivity index is 2.67. The zero-order valence-electron chi connectivity index (χ0n) is 5.08. The summed E-state index contributed by atoms with van der Waals surface area (Å²) >= 11 is 5.14. The van der Waals surface area contributed by atoms with E-state index in [1.807, 2.05) is 6.07 Å². The summed E-state index contributed by atoms with van der Waals surface area (Å²) in [7, 11) is -2.36. The molecule has 1 aromatic carbocycles. The molecule has 0 saturated heterocycles. The van der Waals surface area contributed by atoms with Crippen LogP contribution >= 0.6 is 18.6 Å². The molecule has 0 aliphatic carbocycles. The summed E-state index contributed by atoms with van der Waals surface area (Å²) in [5.41, 5.74) is 0. The SMILES string of the molecule is O=[PH](Cl)Oc1ccccc1. The third-order valence-corrected chi connectivity index (χ3v) is 1.57. The minimum absolute atomic E-state index is 0.543. The molecule has 4 heteroatoms. The molecular formula is C6H6ClO2P. The first-order chi connectivity index (χ1) is 4.79. The summed E-state index contributed by atoms with van der Waals surface area (Å²) in [5, 5.41) is 0. The minimum atomic E-state index is -2.36. The molecule has 0 aliphatic rings. The third-order valence-electron chi connectivity index (χ3n) is 0.941. The normalized spacial score (nSPS) is 12.5. The van der Waals surface area contributed by atoms with Crippen LogP contribution in [0.15, 0.2) is 30.3 Å². The summed E-state index contributed by atoms with van der Waals surface area (Å²) in [6.07, 6.45) is 0. The van der Waals surface area contributed by atoms with Crippen molar-refractivity contribution in [3.8, 4) is 5.75 Å². The van der Waals surface area contributed by atoms with E-state index in [-0.39, 0.29) is 0 Å². The number of rotatable bonds is 2. The topological polar surface area (TPSA) is 26.3 Å². The van der Waals surface area contributed by atoms with Crippen molar-refractivity contribution in [2.75, 3.05) is 0 Å². The van der Waals surface area contributed by atoms with Crippen molar-refractivity contribution in [3.63, 3.8) is 0 Å². The second-order valence-electron chi connectivity index (χ2n) is 1.65. The maximum atomic E-state index is 10.3. The highest BCUT2D eigenvalue weighted by Crippen LogP contribution is 2.30. The Kier molecular flexibility index (Phi) is 2.79. The Morgan fingerprint density at radius 2 is 1.90 bits per heavy atom. The first kappa shape index (κ1) is 7.64. The number of hydrogen-bond acceptors (Lipinski definition) is 2. The van der Waals surface area contributed by atoms with Crippen molar-refractivity contribution in [1.29, 1.82) is 0 Å². The van der Waals surface area contributed by atoms with Gasteiger partial charge in [-0.3, -0.25) is 4.57 Å². The third kappa shape index (κ3) is 2.42. The average Bonchev–Trinajstić information content (AvgIpc) is 1.88. The van der Waals surface area contributed by atoms with Gasteiger partial charge in [0.1, 0.15) is 5.75 Å². The lowest BCUT2D eigenvalue weighted by molar-refractivity contribution is 0.519. The van der Waals surface area contributed by atoms with Gasteiger partial charge in [-0.2, -0.15) is 0 Å². The van der Waals surface area contributed by atoms with Gasteiger partial charge < -0.3 is 4.52 Å². The molecule has 10 heavy (non-hydrogen) atoms. The highest BCUT2D eigenvalue weighted by molar-refractivity contribution is 7.70. The van der Waals surface area contributed by atoms with Crippen LogP contribution < -0.4 is 4.52 Å². The van der Waals surface area contributed by atoms with Gasteiger partial charge in [-0.25, -0.2) is 0 Å². The zero-order chi connectivity index (χ0) is 7.40. The summed E-state index contributed by atoms with van der Waals surface area (Å²) in [6, 6.07) is 8.82. The predicted octanol–water partition coefficient (Wildman–Crippen LogP) is 2.69. The Hall–Kier alpha value is -0.460. The van der Waals surface area contributed by atoms with Crippen molar-refractivity contribution < 1.29 is 9.09 Å². The van der Waals surface area contributed by atoms with Crippen molar-refractivity contribution in [3.05, 3.63) is 30.3 Å². The first-order valence-corrected chi connectivity index (χ1v) is 5.04. The largest absolute Gasteiger partial charge is 0.435 e. The van der Waals surface area contributed by atoms with Gasteiger partial charge in [0.05, 0.1) is 0 Å². The molecule has 1 aromatic rings. The van der Waals surface area contributed by atoms with Gasteiger partial charge in [-0.05, 0) is 23.4 Å². The zero-order valence-corrected chi connectivity index (χ0v) is 6.84. The molecule has 0 aliphatic heterocycles. The van der Waals surface area contributed by atoms with E-state index in [4.69, 9.17) is 15.8 Å². The predicted molar refractivity (Wildman–Crippen MR) is 41.9 cm³/mol. The Bertz CT molecular complexity index is 224. The number of halogens is 1. The van der Waals surface area contributed by atoms with Gasteiger partial charge in [0.2, 0.25) is 0 Å². The highest BCUT2D eigenvalue weighted by atomic mass is 35.7. The standard InChI is InChI=1S/C6H6ClO2P/c7-10(8)9-6-4-2-1-3-5-6/h1-5,10H. The Morgan fingerprint density at radius 1 is 1.30 bits per heavy atom. The molecule has 0 fully saturated rings.